The Morgan fingerprint density at radius 3 is 1.95 bits per heavy atom. The average Bonchev–Trinajstić information content (AvgIpc) is 2.53. The highest BCUT2D eigenvalue weighted by Crippen LogP contribution is 2.28. The molecule has 0 saturated heterocycles. The zero-order valence-electron chi connectivity index (χ0n) is 12.4. The van der Waals surface area contributed by atoms with Gasteiger partial charge in [-0.2, -0.15) is 0 Å². The minimum Gasteiger partial charge on any atom is -0.355 e. The van der Waals surface area contributed by atoms with E-state index in [1.807, 2.05) is 37.3 Å². The standard InChI is InChI=1S/C17H18N2O2/c1-11-12(9-6-10-13(11)16(20)18-2)14-7-4-5-8-15(14)17(21)19-3/h4-10H,1-3H3,(H,18,20)(H,19,21). The molecule has 0 aliphatic carbocycles. The first kappa shape index (κ1) is 14.8. The van der Waals surface area contributed by atoms with Gasteiger partial charge in [-0.3, -0.25) is 9.59 Å². The quantitative estimate of drug-likeness (QED) is 0.908. The Labute approximate surface area is 124 Å². The summed E-state index contributed by atoms with van der Waals surface area (Å²) in [6.07, 6.45) is 0. The van der Waals surface area contributed by atoms with Gasteiger partial charge >= 0.3 is 0 Å². The summed E-state index contributed by atoms with van der Waals surface area (Å²) in [5, 5.41) is 5.27. The van der Waals surface area contributed by atoms with Crippen LogP contribution in [0.4, 0.5) is 0 Å². The average molecular weight is 282 g/mol. The zero-order chi connectivity index (χ0) is 15.4. The highest BCUT2D eigenvalue weighted by atomic mass is 16.2. The Hall–Kier alpha value is -2.62. The van der Waals surface area contributed by atoms with Gasteiger partial charge in [0.2, 0.25) is 0 Å². The number of nitrogens with one attached hydrogen (secondary N) is 2. The van der Waals surface area contributed by atoms with Gasteiger partial charge < -0.3 is 10.6 Å². The summed E-state index contributed by atoms with van der Waals surface area (Å²) in [5.74, 6) is -0.276. The van der Waals surface area contributed by atoms with E-state index in [1.54, 1.807) is 26.2 Å². The van der Waals surface area contributed by atoms with Crippen LogP contribution in [0.5, 0.6) is 0 Å². The van der Waals surface area contributed by atoms with E-state index < -0.39 is 0 Å². The molecule has 2 aromatic rings. The minimum atomic E-state index is -0.143. The normalized spacial score (nSPS) is 10.0. The molecule has 0 saturated carbocycles. The first-order chi connectivity index (χ1) is 10.1. The highest BCUT2D eigenvalue weighted by Gasteiger charge is 2.15. The Balaban J connectivity index is 2.63. The van der Waals surface area contributed by atoms with Crippen molar-refractivity contribution in [3.63, 3.8) is 0 Å². The monoisotopic (exact) mass is 282 g/mol. The van der Waals surface area contributed by atoms with Crippen molar-refractivity contribution in [1.82, 2.24) is 10.6 Å². The van der Waals surface area contributed by atoms with E-state index >= 15 is 0 Å². The van der Waals surface area contributed by atoms with Crippen molar-refractivity contribution in [3.8, 4) is 11.1 Å². The van der Waals surface area contributed by atoms with Crippen LogP contribution in [0.1, 0.15) is 26.3 Å². The number of benzene rings is 2. The molecule has 108 valence electrons. The van der Waals surface area contributed by atoms with Crippen molar-refractivity contribution < 1.29 is 9.59 Å². The molecule has 4 nitrogen and oxygen atoms in total. The largest absolute Gasteiger partial charge is 0.355 e. The van der Waals surface area contributed by atoms with Gasteiger partial charge in [-0.1, -0.05) is 30.3 Å². The number of carbonyl (C=O) groups excluding carboxylic acids is 2. The molecule has 0 heterocycles. The second-order valence-electron chi connectivity index (χ2n) is 4.68. The fourth-order valence-corrected chi connectivity index (χ4v) is 2.36. The molecule has 2 aromatic carbocycles. The Morgan fingerprint density at radius 1 is 0.762 bits per heavy atom. The Kier molecular flexibility index (Phi) is 4.38. The molecule has 2 N–H and O–H groups in total. The number of carbonyl (C=O) groups is 2. The van der Waals surface area contributed by atoms with Gasteiger partial charge in [-0.05, 0) is 35.7 Å². The molecule has 0 aromatic heterocycles. The predicted octanol–water partition coefficient (Wildman–Crippen LogP) is 2.38. The molecule has 0 spiro atoms. The molecule has 0 radical (unpaired) electrons. The lowest BCUT2D eigenvalue weighted by Gasteiger charge is -2.13. The maximum absolute atomic E-state index is 12.0. The summed E-state index contributed by atoms with van der Waals surface area (Å²) in [4.78, 5) is 23.9. The van der Waals surface area contributed by atoms with Crippen LogP contribution < -0.4 is 10.6 Å². The summed E-state index contributed by atoms with van der Waals surface area (Å²) in [6.45, 7) is 1.89. The molecule has 2 rings (SSSR count). The second-order valence-corrected chi connectivity index (χ2v) is 4.68. The van der Waals surface area contributed by atoms with Gasteiger partial charge in [0, 0.05) is 25.2 Å². The highest BCUT2D eigenvalue weighted by molar-refractivity contribution is 6.03. The van der Waals surface area contributed by atoms with Crippen LogP contribution in [0.3, 0.4) is 0 Å². The van der Waals surface area contributed by atoms with Gasteiger partial charge in [0.25, 0.3) is 11.8 Å². The first-order valence-corrected chi connectivity index (χ1v) is 6.73. The van der Waals surface area contributed by atoms with E-state index in [9.17, 15) is 9.59 Å². The van der Waals surface area contributed by atoms with Gasteiger partial charge in [0.05, 0.1) is 0 Å². The topological polar surface area (TPSA) is 58.2 Å². The van der Waals surface area contributed by atoms with Crippen molar-refractivity contribution in [2.45, 2.75) is 6.92 Å². The van der Waals surface area contributed by atoms with Crippen LogP contribution in [0.25, 0.3) is 11.1 Å². The third-order valence-corrected chi connectivity index (χ3v) is 3.49. The fraction of sp³-hybridized carbons (Fsp3) is 0.176. The third-order valence-electron chi connectivity index (χ3n) is 3.49. The van der Waals surface area contributed by atoms with Crippen molar-refractivity contribution in [1.29, 1.82) is 0 Å². The van der Waals surface area contributed by atoms with E-state index in [1.165, 1.54) is 0 Å². The SMILES string of the molecule is CNC(=O)c1ccccc1-c1cccc(C(=O)NC)c1C. The first-order valence-electron chi connectivity index (χ1n) is 6.73. The maximum atomic E-state index is 12.0. The van der Waals surface area contributed by atoms with Crippen molar-refractivity contribution in [2.75, 3.05) is 14.1 Å². The summed E-state index contributed by atoms with van der Waals surface area (Å²) in [7, 11) is 3.21. The molecular weight excluding hydrogens is 264 g/mol. The lowest BCUT2D eigenvalue weighted by atomic mass is 9.92. The maximum Gasteiger partial charge on any atom is 0.251 e. The molecule has 4 heteroatoms. The van der Waals surface area contributed by atoms with Crippen molar-refractivity contribution in [3.05, 3.63) is 59.2 Å². The number of amides is 2. The molecule has 0 aliphatic heterocycles. The van der Waals surface area contributed by atoms with Gasteiger partial charge in [-0.15, -0.1) is 0 Å². The summed E-state index contributed by atoms with van der Waals surface area (Å²) in [6, 6.07) is 12.9. The lowest BCUT2D eigenvalue weighted by molar-refractivity contribution is 0.0955. The van der Waals surface area contributed by atoms with Crippen molar-refractivity contribution >= 4 is 11.8 Å². The third kappa shape index (κ3) is 2.79. The molecule has 0 unspecified atom stereocenters. The van der Waals surface area contributed by atoms with E-state index in [0.29, 0.717) is 11.1 Å². The lowest BCUT2D eigenvalue weighted by Crippen LogP contribution is -2.20. The van der Waals surface area contributed by atoms with Gasteiger partial charge in [0.15, 0.2) is 0 Å². The number of rotatable bonds is 3. The summed E-state index contributed by atoms with van der Waals surface area (Å²) < 4.78 is 0. The van der Waals surface area contributed by atoms with Crippen LogP contribution in [0, 0.1) is 6.92 Å². The zero-order valence-corrected chi connectivity index (χ0v) is 12.4. The molecule has 0 fully saturated rings. The Bertz CT molecular complexity index is 693. The number of hydrogen-bond acceptors (Lipinski definition) is 2. The van der Waals surface area contributed by atoms with Crippen molar-refractivity contribution in [2.24, 2.45) is 0 Å². The molecule has 2 amide bonds. The summed E-state index contributed by atoms with van der Waals surface area (Å²) >= 11 is 0. The van der Waals surface area contributed by atoms with E-state index in [0.717, 1.165) is 16.7 Å². The van der Waals surface area contributed by atoms with Crippen LogP contribution >= 0.6 is 0 Å². The van der Waals surface area contributed by atoms with Crippen LogP contribution in [0.15, 0.2) is 42.5 Å². The van der Waals surface area contributed by atoms with Crippen LogP contribution in [-0.4, -0.2) is 25.9 Å². The van der Waals surface area contributed by atoms with E-state index in [-0.39, 0.29) is 11.8 Å². The Morgan fingerprint density at radius 2 is 1.29 bits per heavy atom. The minimum absolute atomic E-state index is 0.133. The van der Waals surface area contributed by atoms with Gasteiger partial charge in [-0.25, -0.2) is 0 Å². The van der Waals surface area contributed by atoms with E-state index in [2.05, 4.69) is 10.6 Å². The molecule has 21 heavy (non-hydrogen) atoms. The number of hydrogen-bond donors (Lipinski definition) is 2. The van der Waals surface area contributed by atoms with Gasteiger partial charge in [0.1, 0.15) is 0 Å². The molecule has 0 bridgehead atoms. The van der Waals surface area contributed by atoms with Crippen LogP contribution in [-0.2, 0) is 0 Å². The predicted molar refractivity (Wildman–Crippen MR) is 83.4 cm³/mol. The molecule has 0 atom stereocenters. The molecule has 0 aliphatic rings. The van der Waals surface area contributed by atoms with E-state index in [4.69, 9.17) is 0 Å². The second kappa shape index (κ2) is 6.22. The molecular formula is C17H18N2O2. The summed E-state index contributed by atoms with van der Waals surface area (Å²) in [5.41, 5.74) is 3.77. The smallest absolute Gasteiger partial charge is 0.251 e. The fourth-order valence-electron chi connectivity index (χ4n) is 2.36. The van der Waals surface area contributed by atoms with Crippen LogP contribution in [0.2, 0.25) is 0 Å².